The minimum absolute atomic E-state index is 0.119. The predicted molar refractivity (Wildman–Crippen MR) is 152 cm³/mol. The Bertz CT molecular complexity index is 1500. The van der Waals surface area contributed by atoms with Crippen molar-refractivity contribution in [3.63, 3.8) is 0 Å². The fourth-order valence-electron chi connectivity index (χ4n) is 6.48. The molecular weight excluding hydrogens is 537 g/mol. The van der Waals surface area contributed by atoms with Crippen LogP contribution in [0.1, 0.15) is 79.2 Å². The van der Waals surface area contributed by atoms with Crippen molar-refractivity contribution in [1.82, 2.24) is 10.1 Å². The number of nitriles is 1. The molecule has 3 aliphatic carbocycles. The van der Waals surface area contributed by atoms with Gasteiger partial charge in [0.2, 0.25) is 0 Å². The van der Waals surface area contributed by atoms with Crippen molar-refractivity contribution in [1.29, 1.82) is 5.26 Å². The van der Waals surface area contributed by atoms with E-state index in [4.69, 9.17) is 38.0 Å². The minimum atomic E-state index is -0.119. The summed E-state index contributed by atoms with van der Waals surface area (Å²) >= 11 is 14.1. The molecular formula is C30H29Cl2N3O2S. The molecule has 4 aromatic rings. The standard InChI is InChI=1S/C17H18N2S.C13H11Cl2NO2/c1-10-7-12-3-2-4-13(10)16(12)17-19-14-6-5-11(9-18)8-15(14)20-17;14-9-2-1-3-10(15)11(9)12-8(6-17)13(18-16-12)7-4-5-7/h5-6,8,10,12-13,16H,2-4,7H2,1H3;1-3,7,17H,4-6H2. The van der Waals surface area contributed by atoms with Crippen LogP contribution in [0.2, 0.25) is 10.0 Å². The van der Waals surface area contributed by atoms with Crippen LogP contribution in [-0.2, 0) is 6.61 Å². The molecule has 1 N–H and O–H groups in total. The van der Waals surface area contributed by atoms with E-state index in [-0.39, 0.29) is 6.61 Å². The quantitative estimate of drug-likeness (QED) is 0.267. The van der Waals surface area contributed by atoms with E-state index in [0.717, 1.165) is 47.4 Å². The number of thiazole rings is 1. The lowest BCUT2D eigenvalue weighted by atomic mass is 9.78. The van der Waals surface area contributed by atoms with E-state index in [0.29, 0.717) is 38.7 Å². The Morgan fingerprint density at radius 2 is 1.92 bits per heavy atom. The molecule has 3 saturated carbocycles. The highest BCUT2D eigenvalue weighted by molar-refractivity contribution is 7.18. The number of aliphatic hydroxyl groups excluding tert-OH is 1. The monoisotopic (exact) mass is 565 g/mol. The summed E-state index contributed by atoms with van der Waals surface area (Å²) < 4.78 is 6.53. The van der Waals surface area contributed by atoms with Gasteiger partial charge in [0.15, 0.2) is 0 Å². The van der Waals surface area contributed by atoms with Crippen LogP contribution in [0, 0.1) is 29.1 Å². The second-order valence-electron chi connectivity index (χ2n) is 10.8. The molecule has 2 heterocycles. The average molecular weight is 567 g/mol. The summed E-state index contributed by atoms with van der Waals surface area (Å²) in [6.07, 6.45) is 7.71. The molecule has 2 bridgehead atoms. The van der Waals surface area contributed by atoms with Gasteiger partial charge in [0.1, 0.15) is 11.5 Å². The number of fused-ring (bicyclic) bond motifs is 3. The lowest BCUT2D eigenvalue weighted by Crippen LogP contribution is -2.19. The molecule has 0 saturated heterocycles. The third kappa shape index (κ3) is 4.75. The molecule has 3 aliphatic rings. The van der Waals surface area contributed by atoms with Gasteiger partial charge in [0.05, 0.1) is 43.5 Å². The van der Waals surface area contributed by atoms with Gasteiger partial charge in [0.25, 0.3) is 0 Å². The Kier molecular flexibility index (Phi) is 7.22. The summed E-state index contributed by atoms with van der Waals surface area (Å²) in [7, 11) is 0. The van der Waals surface area contributed by atoms with Gasteiger partial charge in [-0.25, -0.2) is 4.98 Å². The first kappa shape index (κ1) is 25.8. The van der Waals surface area contributed by atoms with Crippen LogP contribution in [0.4, 0.5) is 0 Å². The molecule has 5 nitrogen and oxygen atoms in total. The third-order valence-electron chi connectivity index (χ3n) is 8.43. The van der Waals surface area contributed by atoms with Gasteiger partial charge in [-0.15, -0.1) is 11.3 Å². The van der Waals surface area contributed by atoms with Gasteiger partial charge in [-0.05, 0) is 80.2 Å². The Morgan fingerprint density at radius 1 is 1.13 bits per heavy atom. The zero-order valence-corrected chi connectivity index (χ0v) is 23.5. The second-order valence-corrected chi connectivity index (χ2v) is 12.7. The number of aromatic nitrogens is 2. The molecule has 0 aliphatic heterocycles. The zero-order valence-electron chi connectivity index (χ0n) is 21.2. The topological polar surface area (TPSA) is 82.9 Å². The van der Waals surface area contributed by atoms with E-state index >= 15 is 0 Å². The van der Waals surface area contributed by atoms with Crippen LogP contribution < -0.4 is 0 Å². The van der Waals surface area contributed by atoms with Crippen LogP contribution in [0.15, 0.2) is 40.9 Å². The van der Waals surface area contributed by atoms with E-state index in [2.05, 4.69) is 18.1 Å². The molecule has 4 atom stereocenters. The highest BCUT2D eigenvalue weighted by atomic mass is 35.5. The normalized spacial score (nSPS) is 24.2. The van der Waals surface area contributed by atoms with Gasteiger partial charge in [-0.1, -0.05) is 47.8 Å². The lowest BCUT2D eigenvalue weighted by Gasteiger charge is -2.29. The zero-order chi connectivity index (χ0) is 26.4. The molecule has 0 spiro atoms. The summed E-state index contributed by atoms with van der Waals surface area (Å²) in [5.41, 5.74) is 3.69. The first-order chi connectivity index (χ1) is 18.5. The Labute approximate surface area is 236 Å². The Morgan fingerprint density at radius 3 is 2.61 bits per heavy atom. The average Bonchev–Trinajstić information content (AvgIpc) is 3.48. The van der Waals surface area contributed by atoms with E-state index in [1.807, 2.05) is 29.5 Å². The van der Waals surface area contributed by atoms with Gasteiger partial charge < -0.3 is 9.63 Å². The number of hydrogen-bond donors (Lipinski definition) is 1. The van der Waals surface area contributed by atoms with Crippen molar-refractivity contribution in [2.45, 2.75) is 63.9 Å². The van der Waals surface area contributed by atoms with Gasteiger partial charge in [-0.2, -0.15) is 5.26 Å². The maximum absolute atomic E-state index is 9.52. The number of hydrogen-bond acceptors (Lipinski definition) is 6. The minimum Gasteiger partial charge on any atom is -0.391 e. The first-order valence-electron chi connectivity index (χ1n) is 13.3. The molecule has 4 unspecified atom stereocenters. The highest BCUT2D eigenvalue weighted by Gasteiger charge is 2.45. The number of halogens is 2. The smallest absolute Gasteiger partial charge is 0.145 e. The van der Waals surface area contributed by atoms with Crippen LogP contribution in [0.25, 0.3) is 21.5 Å². The maximum atomic E-state index is 9.52. The Balaban J connectivity index is 0.000000140. The number of rotatable bonds is 4. The van der Waals surface area contributed by atoms with Crippen molar-refractivity contribution in [3.05, 3.63) is 68.3 Å². The van der Waals surface area contributed by atoms with Crippen molar-refractivity contribution >= 4 is 44.8 Å². The third-order valence-corrected chi connectivity index (χ3v) is 10.2. The van der Waals surface area contributed by atoms with E-state index in [9.17, 15) is 5.11 Å². The SMILES string of the molecule is CC1CC2CCCC1C2c1nc2ccc(C#N)cc2s1.OCc1c(-c2c(Cl)cccc2Cl)noc1C1CC1. The molecule has 0 radical (unpaired) electrons. The lowest BCUT2D eigenvalue weighted by molar-refractivity contribution is 0.277. The molecule has 38 heavy (non-hydrogen) atoms. The van der Waals surface area contributed by atoms with Crippen LogP contribution in [0.3, 0.4) is 0 Å². The van der Waals surface area contributed by atoms with Gasteiger partial charge in [0, 0.05) is 23.0 Å². The Hall–Kier alpha value is -2.43. The molecule has 7 rings (SSSR count). The molecule has 3 fully saturated rings. The van der Waals surface area contributed by atoms with Gasteiger partial charge in [-0.3, -0.25) is 0 Å². The molecule has 8 heteroatoms. The first-order valence-corrected chi connectivity index (χ1v) is 14.9. The van der Waals surface area contributed by atoms with Crippen LogP contribution >= 0.6 is 34.5 Å². The highest BCUT2D eigenvalue weighted by Crippen LogP contribution is 2.55. The summed E-state index contributed by atoms with van der Waals surface area (Å²) in [5.74, 6) is 4.37. The van der Waals surface area contributed by atoms with Gasteiger partial charge >= 0.3 is 0 Å². The van der Waals surface area contributed by atoms with Crippen molar-refractivity contribution in [3.8, 4) is 17.3 Å². The summed E-state index contributed by atoms with van der Waals surface area (Å²) in [6.45, 7) is 2.30. The van der Waals surface area contributed by atoms with E-state index in [1.54, 1.807) is 18.2 Å². The van der Waals surface area contributed by atoms with Crippen LogP contribution in [-0.4, -0.2) is 15.2 Å². The van der Waals surface area contributed by atoms with E-state index in [1.165, 1.54) is 35.4 Å². The largest absolute Gasteiger partial charge is 0.391 e. The summed E-state index contributed by atoms with van der Waals surface area (Å²) in [6, 6.07) is 13.4. The molecule has 0 amide bonds. The molecule has 2 aromatic carbocycles. The van der Waals surface area contributed by atoms with E-state index < -0.39 is 0 Å². The molecule has 196 valence electrons. The fraction of sp³-hybridized carbons (Fsp3) is 0.433. The number of aliphatic hydroxyl groups is 1. The van der Waals surface area contributed by atoms with Crippen molar-refractivity contribution in [2.75, 3.05) is 0 Å². The second kappa shape index (κ2) is 10.6. The molecule has 2 aromatic heterocycles. The summed E-state index contributed by atoms with van der Waals surface area (Å²) in [4.78, 5) is 4.90. The predicted octanol–water partition coefficient (Wildman–Crippen LogP) is 8.73. The number of nitrogens with zero attached hydrogens (tertiary/aromatic N) is 3. The summed E-state index contributed by atoms with van der Waals surface area (Å²) in [5, 5.41) is 24.9. The van der Waals surface area contributed by atoms with Crippen LogP contribution in [0.5, 0.6) is 0 Å². The van der Waals surface area contributed by atoms with Crippen molar-refractivity contribution < 1.29 is 9.63 Å². The van der Waals surface area contributed by atoms with Crippen molar-refractivity contribution in [2.24, 2.45) is 17.8 Å². The fourth-order valence-corrected chi connectivity index (χ4v) is 8.33. The maximum Gasteiger partial charge on any atom is 0.145 e. The number of benzene rings is 2.